The minimum atomic E-state index is -3.12. The zero-order chi connectivity index (χ0) is 17.2. The average Bonchev–Trinajstić information content (AvgIpc) is 2.85. The molecule has 1 aliphatic rings. The maximum Gasteiger partial charge on any atom is 0.257 e. The third kappa shape index (κ3) is 4.04. The summed E-state index contributed by atoms with van der Waals surface area (Å²) < 4.78 is 37.8. The first-order valence-electron chi connectivity index (χ1n) is 7.73. The summed E-state index contributed by atoms with van der Waals surface area (Å²) in [5, 5.41) is -0.0645. The molecule has 0 N–H and O–H groups in total. The SMILES string of the molecule is CCCCN(C(=O)c1ccc(C)c(Cl)c1F)C1CCS(=O)(=O)C1. The van der Waals surface area contributed by atoms with E-state index in [1.54, 1.807) is 13.0 Å². The summed E-state index contributed by atoms with van der Waals surface area (Å²) in [4.78, 5) is 14.3. The van der Waals surface area contributed by atoms with Crippen LogP contribution in [0.4, 0.5) is 4.39 Å². The van der Waals surface area contributed by atoms with E-state index in [1.165, 1.54) is 11.0 Å². The van der Waals surface area contributed by atoms with E-state index in [9.17, 15) is 17.6 Å². The van der Waals surface area contributed by atoms with Crippen molar-refractivity contribution < 1.29 is 17.6 Å². The number of nitrogens with zero attached hydrogens (tertiary/aromatic N) is 1. The summed E-state index contributed by atoms with van der Waals surface area (Å²) >= 11 is 5.90. The molecule has 7 heteroatoms. The molecule has 1 atom stereocenters. The number of sulfone groups is 1. The minimum Gasteiger partial charge on any atom is -0.335 e. The number of halogens is 2. The molecule has 1 saturated heterocycles. The Morgan fingerprint density at radius 3 is 2.70 bits per heavy atom. The highest BCUT2D eigenvalue weighted by Gasteiger charge is 2.35. The van der Waals surface area contributed by atoms with Crippen LogP contribution >= 0.6 is 11.6 Å². The Bertz CT molecular complexity index is 706. The number of aryl methyl sites for hydroxylation is 1. The van der Waals surface area contributed by atoms with Crippen LogP contribution in [0.5, 0.6) is 0 Å². The third-order valence-electron chi connectivity index (χ3n) is 4.17. The first-order valence-corrected chi connectivity index (χ1v) is 9.92. The topological polar surface area (TPSA) is 54.5 Å². The molecule has 0 radical (unpaired) electrons. The smallest absolute Gasteiger partial charge is 0.257 e. The Labute approximate surface area is 141 Å². The molecule has 0 saturated carbocycles. The van der Waals surface area contributed by atoms with E-state index in [4.69, 9.17) is 11.6 Å². The van der Waals surface area contributed by atoms with Gasteiger partial charge in [-0.25, -0.2) is 12.8 Å². The molecule has 1 amide bonds. The molecule has 0 aromatic heterocycles. The lowest BCUT2D eigenvalue weighted by Crippen LogP contribution is -2.42. The molecule has 1 heterocycles. The van der Waals surface area contributed by atoms with Gasteiger partial charge in [-0.1, -0.05) is 31.0 Å². The quantitative estimate of drug-likeness (QED) is 0.809. The molecule has 1 aliphatic heterocycles. The summed E-state index contributed by atoms with van der Waals surface area (Å²) in [6.07, 6.45) is 2.00. The largest absolute Gasteiger partial charge is 0.335 e. The van der Waals surface area contributed by atoms with E-state index in [0.29, 0.717) is 18.5 Å². The van der Waals surface area contributed by atoms with Crippen molar-refractivity contribution in [2.24, 2.45) is 0 Å². The van der Waals surface area contributed by atoms with Gasteiger partial charge < -0.3 is 4.90 Å². The van der Waals surface area contributed by atoms with Crippen molar-refractivity contribution in [2.45, 2.75) is 39.2 Å². The molecule has 1 unspecified atom stereocenters. The molecule has 1 fully saturated rings. The van der Waals surface area contributed by atoms with Crippen LogP contribution in [0.1, 0.15) is 42.1 Å². The van der Waals surface area contributed by atoms with Gasteiger partial charge in [0.15, 0.2) is 15.7 Å². The third-order valence-corrected chi connectivity index (χ3v) is 6.38. The summed E-state index contributed by atoms with van der Waals surface area (Å²) in [5.41, 5.74) is 0.463. The minimum absolute atomic E-state index is 0.0519. The Kier molecular flexibility index (Phi) is 5.68. The molecular formula is C16H21ClFNO3S. The summed E-state index contributed by atoms with van der Waals surface area (Å²) in [6, 6.07) is 2.63. The monoisotopic (exact) mass is 361 g/mol. The average molecular weight is 362 g/mol. The van der Waals surface area contributed by atoms with Gasteiger partial charge in [-0.3, -0.25) is 4.79 Å². The van der Waals surface area contributed by atoms with Crippen LogP contribution in [0.2, 0.25) is 5.02 Å². The van der Waals surface area contributed by atoms with Crippen molar-refractivity contribution in [3.63, 3.8) is 0 Å². The van der Waals surface area contributed by atoms with E-state index in [-0.39, 0.29) is 22.1 Å². The van der Waals surface area contributed by atoms with Gasteiger partial charge in [-0.2, -0.15) is 0 Å². The number of hydrogen-bond donors (Lipinski definition) is 0. The molecule has 23 heavy (non-hydrogen) atoms. The second-order valence-corrected chi connectivity index (χ2v) is 8.57. The maximum atomic E-state index is 14.3. The molecule has 128 valence electrons. The number of rotatable bonds is 5. The van der Waals surface area contributed by atoms with Gasteiger partial charge in [0.25, 0.3) is 5.91 Å². The number of carbonyl (C=O) groups is 1. The second-order valence-electron chi connectivity index (χ2n) is 5.97. The van der Waals surface area contributed by atoms with E-state index < -0.39 is 27.6 Å². The van der Waals surface area contributed by atoms with Gasteiger partial charge in [-0.05, 0) is 31.4 Å². The molecule has 0 bridgehead atoms. The number of unbranched alkanes of at least 4 members (excludes halogenated alkanes) is 1. The van der Waals surface area contributed by atoms with Gasteiger partial charge in [0.1, 0.15) is 0 Å². The number of benzene rings is 1. The molecule has 4 nitrogen and oxygen atoms in total. The fraction of sp³-hybridized carbons (Fsp3) is 0.562. The first kappa shape index (κ1) is 18.2. The fourth-order valence-electron chi connectivity index (χ4n) is 2.77. The van der Waals surface area contributed by atoms with E-state index >= 15 is 0 Å². The second kappa shape index (κ2) is 7.18. The van der Waals surface area contributed by atoms with Crippen LogP contribution in [0, 0.1) is 12.7 Å². The number of hydrogen-bond acceptors (Lipinski definition) is 3. The number of carbonyl (C=O) groups excluding carboxylic acids is 1. The van der Waals surface area contributed by atoms with Crippen LogP contribution in [0.25, 0.3) is 0 Å². The fourth-order valence-corrected chi connectivity index (χ4v) is 4.66. The first-order chi connectivity index (χ1) is 10.8. The van der Waals surface area contributed by atoms with Crippen molar-refractivity contribution in [3.05, 3.63) is 34.1 Å². The van der Waals surface area contributed by atoms with E-state index in [2.05, 4.69) is 0 Å². The molecule has 0 aliphatic carbocycles. The van der Waals surface area contributed by atoms with Gasteiger partial charge >= 0.3 is 0 Å². The van der Waals surface area contributed by atoms with Crippen molar-refractivity contribution in [1.29, 1.82) is 0 Å². The van der Waals surface area contributed by atoms with E-state index in [0.717, 1.165) is 12.8 Å². The highest BCUT2D eigenvalue weighted by molar-refractivity contribution is 7.91. The van der Waals surface area contributed by atoms with Gasteiger partial charge in [0.05, 0.1) is 22.1 Å². The lowest BCUT2D eigenvalue weighted by atomic mass is 10.1. The van der Waals surface area contributed by atoms with Crippen LogP contribution in [0.15, 0.2) is 12.1 Å². The summed E-state index contributed by atoms with van der Waals surface area (Å²) in [7, 11) is -3.12. The van der Waals surface area contributed by atoms with Crippen LogP contribution in [0.3, 0.4) is 0 Å². The Morgan fingerprint density at radius 2 is 2.13 bits per heavy atom. The molecular weight excluding hydrogens is 341 g/mol. The molecule has 1 aromatic rings. The highest BCUT2D eigenvalue weighted by atomic mass is 35.5. The lowest BCUT2D eigenvalue weighted by molar-refractivity contribution is 0.0689. The van der Waals surface area contributed by atoms with Crippen molar-refractivity contribution in [3.8, 4) is 0 Å². The summed E-state index contributed by atoms with van der Waals surface area (Å²) in [5.74, 6) is -1.20. The van der Waals surface area contributed by atoms with Crippen molar-refractivity contribution in [2.75, 3.05) is 18.1 Å². The Morgan fingerprint density at radius 1 is 1.43 bits per heavy atom. The highest BCUT2D eigenvalue weighted by Crippen LogP contribution is 2.26. The van der Waals surface area contributed by atoms with Crippen LogP contribution in [-0.2, 0) is 9.84 Å². The van der Waals surface area contributed by atoms with Gasteiger partial charge in [-0.15, -0.1) is 0 Å². The zero-order valence-electron chi connectivity index (χ0n) is 13.3. The Balaban J connectivity index is 2.32. The van der Waals surface area contributed by atoms with Gasteiger partial charge in [0.2, 0.25) is 0 Å². The predicted octanol–water partition coefficient (Wildman–Crippen LogP) is 3.22. The van der Waals surface area contributed by atoms with Crippen molar-refractivity contribution >= 4 is 27.3 Å². The van der Waals surface area contributed by atoms with Crippen molar-refractivity contribution in [1.82, 2.24) is 4.90 Å². The predicted molar refractivity (Wildman–Crippen MR) is 89.2 cm³/mol. The zero-order valence-corrected chi connectivity index (χ0v) is 14.9. The maximum absolute atomic E-state index is 14.3. The molecule has 2 rings (SSSR count). The molecule has 0 spiro atoms. The Hall–Kier alpha value is -1.14. The summed E-state index contributed by atoms with van der Waals surface area (Å²) in [6.45, 7) is 4.07. The van der Waals surface area contributed by atoms with Crippen LogP contribution < -0.4 is 0 Å². The molecule has 1 aromatic carbocycles. The van der Waals surface area contributed by atoms with Gasteiger partial charge in [0, 0.05) is 12.6 Å². The normalized spacial score (nSPS) is 19.7. The number of amides is 1. The standard InChI is InChI=1S/C16H21ClFNO3S/c1-3-4-8-19(12-7-9-23(21,22)10-12)16(20)13-6-5-11(2)14(17)15(13)18/h5-6,12H,3-4,7-10H2,1-2H3. The lowest BCUT2D eigenvalue weighted by Gasteiger charge is -2.28. The van der Waals surface area contributed by atoms with E-state index in [1.807, 2.05) is 6.92 Å². The van der Waals surface area contributed by atoms with Crippen LogP contribution in [-0.4, -0.2) is 43.3 Å².